The quantitative estimate of drug-likeness (QED) is 0.464. The maximum Gasteiger partial charge on any atom is 0.156 e. The van der Waals surface area contributed by atoms with E-state index in [4.69, 9.17) is 0 Å². The molecule has 0 atom stereocenters. The Bertz CT molecular complexity index is 828. The molecule has 0 saturated carbocycles. The van der Waals surface area contributed by atoms with E-state index < -0.39 is 0 Å². The van der Waals surface area contributed by atoms with Gasteiger partial charge in [0.05, 0.1) is 0 Å². The van der Waals surface area contributed by atoms with Gasteiger partial charge in [-0.3, -0.25) is 4.52 Å². The van der Waals surface area contributed by atoms with E-state index in [1.807, 2.05) is 54.6 Å². The molecule has 5 nitrogen and oxygen atoms in total. The molecule has 0 aliphatic rings. The highest BCUT2D eigenvalue weighted by Gasteiger charge is 2.04. The lowest BCUT2D eigenvalue weighted by molar-refractivity contribution is -0.721. The van der Waals surface area contributed by atoms with Crippen LogP contribution < -0.4 is 9.90 Å². The van der Waals surface area contributed by atoms with E-state index in [9.17, 15) is 0 Å². The van der Waals surface area contributed by atoms with Gasteiger partial charge in [-0.25, -0.2) is 0 Å². The van der Waals surface area contributed by atoms with Crippen LogP contribution in [0.25, 0.3) is 22.5 Å². The lowest BCUT2D eigenvalue weighted by Gasteiger charge is -1.96. The fraction of sp³-hybridized carbons (Fsp3) is 0. The van der Waals surface area contributed by atoms with Crippen molar-refractivity contribution in [3.63, 3.8) is 0 Å². The predicted molar refractivity (Wildman–Crippen MR) is 65.3 cm³/mol. The number of imidazole rings is 1. The summed E-state index contributed by atoms with van der Waals surface area (Å²) < 4.78 is 1.75. The molecule has 5 heteroatoms. The summed E-state index contributed by atoms with van der Waals surface area (Å²) in [6.45, 7) is 0. The van der Waals surface area contributed by atoms with Crippen molar-refractivity contribution in [2.24, 2.45) is 0 Å². The van der Waals surface area contributed by atoms with Crippen LogP contribution in [-0.4, -0.2) is 14.7 Å². The van der Waals surface area contributed by atoms with Gasteiger partial charge in [-0.15, -0.1) is 15.1 Å². The Morgan fingerprint density at radius 3 is 2.61 bits per heavy atom. The second-order valence-corrected chi connectivity index (χ2v) is 4.03. The number of benzene rings is 2. The van der Waals surface area contributed by atoms with Crippen LogP contribution in [0.1, 0.15) is 0 Å². The number of hydrogen-bond donors (Lipinski definition) is 0. The second-order valence-electron chi connectivity index (χ2n) is 4.03. The Labute approximate surface area is 102 Å². The topological polar surface area (TPSA) is 48.2 Å². The van der Waals surface area contributed by atoms with Crippen LogP contribution in [0.5, 0.6) is 0 Å². The molecule has 0 aliphatic carbocycles. The molecule has 0 radical (unpaired) electrons. The summed E-state index contributed by atoms with van der Waals surface area (Å²) in [5.74, 6) is 0.611. The molecule has 0 aliphatic heterocycles. The number of aromatic nitrogens is 5. The van der Waals surface area contributed by atoms with Gasteiger partial charge in [0.2, 0.25) is 0 Å². The van der Waals surface area contributed by atoms with Gasteiger partial charge in [0.25, 0.3) is 0 Å². The summed E-state index contributed by atoms with van der Waals surface area (Å²) in [6.07, 6.45) is 0. The van der Waals surface area contributed by atoms with Crippen molar-refractivity contribution in [1.82, 2.24) is 19.8 Å². The first-order chi connectivity index (χ1) is 8.92. The number of hydrogen-bond acceptors (Lipinski definition) is 2. The minimum absolute atomic E-state index is 0.611. The summed E-state index contributed by atoms with van der Waals surface area (Å²) >= 11 is 0. The maximum atomic E-state index is 4.43. The van der Waals surface area contributed by atoms with Crippen molar-refractivity contribution in [1.29, 1.82) is 0 Å². The summed E-state index contributed by atoms with van der Waals surface area (Å²) in [6, 6.07) is 17.7. The Kier molecular flexibility index (Phi) is 1.77. The molecule has 4 aromatic rings. The van der Waals surface area contributed by atoms with Crippen LogP contribution in [0.15, 0.2) is 54.6 Å². The summed E-state index contributed by atoms with van der Waals surface area (Å²) in [5, 5.41) is 8.81. The van der Waals surface area contributed by atoms with Gasteiger partial charge in [-0.1, -0.05) is 30.3 Å². The Balaban J connectivity index is 2.00. The third-order valence-electron chi connectivity index (χ3n) is 2.87. The van der Waals surface area contributed by atoms with Crippen molar-refractivity contribution >= 4 is 16.8 Å². The first-order valence-electron chi connectivity index (χ1n) is 5.68. The maximum absolute atomic E-state index is 4.43. The zero-order valence-electron chi connectivity index (χ0n) is 9.43. The standard InChI is InChI=1S/C13H9N5/c1-2-6-10(7-3-1)18-15-13-14-11-8-4-5-9-12(11)17(13)16-18/h1-9H. The molecule has 0 amide bonds. The first kappa shape index (κ1) is 9.35. The third-order valence-corrected chi connectivity index (χ3v) is 2.87. The predicted octanol–water partition coefficient (Wildman–Crippen LogP) is 1.12. The smallest absolute Gasteiger partial charge is 0.156 e. The lowest BCUT2D eigenvalue weighted by Crippen LogP contribution is -2.38. The van der Waals surface area contributed by atoms with Crippen molar-refractivity contribution in [3.05, 3.63) is 54.6 Å². The summed E-state index contributed by atoms with van der Waals surface area (Å²) in [7, 11) is 0. The molecule has 18 heavy (non-hydrogen) atoms. The fourth-order valence-electron chi connectivity index (χ4n) is 2.01. The van der Waals surface area contributed by atoms with Gasteiger partial charge in [0.15, 0.2) is 5.69 Å². The van der Waals surface area contributed by atoms with E-state index in [1.165, 1.54) is 0 Å². The molecule has 0 fully saturated rings. The Morgan fingerprint density at radius 2 is 1.72 bits per heavy atom. The summed E-state index contributed by atoms with van der Waals surface area (Å²) in [5.41, 5.74) is 2.80. The number of fused-ring (bicyclic) bond motifs is 3. The van der Waals surface area contributed by atoms with Crippen molar-refractivity contribution < 1.29 is 4.80 Å². The largest absolute Gasteiger partial charge is 0.318 e. The van der Waals surface area contributed by atoms with Gasteiger partial charge >= 0.3 is 0 Å². The lowest BCUT2D eigenvalue weighted by atomic mass is 10.3. The molecule has 86 valence electrons. The van der Waals surface area contributed by atoms with E-state index in [0.717, 1.165) is 16.7 Å². The van der Waals surface area contributed by atoms with E-state index >= 15 is 0 Å². The van der Waals surface area contributed by atoms with Gasteiger partial charge in [0.1, 0.15) is 5.78 Å². The highest BCUT2D eigenvalue weighted by molar-refractivity contribution is 5.78. The zero-order chi connectivity index (χ0) is 11.9. The highest BCUT2D eigenvalue weighted by Crippen LogP contribution is 2.12. The van der Waals surface area contributed by atoms with Gasteiger partial charge < -0.3 is 4.98 Å². The molecule has 2 heterocycles. The van der Waals surface area contributed by atoms with Gasteiger partial charge in [-0.2, -0.15) is 0 Å². The summed E-state index contributed by atoms with van der Waals surface area (Å²) in [4.78, 5) is 6.02. The van der Waals surface area contributed by atoms with E-state index in [0.29, 0.717) is 5.78 Å². The highest BCUT2D eigenvalue weighted by atomic mass is 15.6. The van der Waals surface area contributed by atoms with E-state index in [-0.39, 0.29) is 0 Å². The molecular formula is C13H9N5. The normalized spacial score (nSPS) is 11.3. The minimum Gasteiger partial charge on any atom is -0.318 e. The molecule has 0 spiro atoms. The molecule has 0 unspecified atom stereocenters. The van der Waals surface area contributed by atoms with Crippen molar-refractivity contribution in [2.45, 2.75) is 0 Å². The molecule has 2 aromatic carbocycles. The van der Waals surface area contributed by atoms with E-state index in [2.05, 4.69) is 15.3 Å². The van der Waals surface area contributed by atoms with Crippen LogP contribution in [0.2, 0.25) is 0 Å². The van der Waals surface area contributed by atoms with E-state index in [1.54, 1.807) is 9.31 Å². The van der Waals surface area contributed by atoms with Crippen LogP contribution >= 0.6 is 0 Å². The fourth-order valence-corrected chi connectivity index (χ4v) is 2.01. The molecule has 2 aromatic heterocycles. The third kappa shape index (κ3) is 1.24. The zero-order valence-corrected chi connectivity index (χ0v) is 9.43. The number of para-hydroxylation sites is 3. The molecule has 4 rings (SSSR count). The molecule has 0 bridgehead atoms. The number of nitrogens with zero attached hydrogens (tertiary/aromatic N) is 5. The van der Waals surface area contributed by atoms with Crippen LogP contribution in [0.4, 0.5) is 0 Å². The SMILES string of the molecule is c1ccc(-[n+]2nn3c(nc4ccccc43)[n-]2)cc1. The van der Waals surface area contributed by atoms with Gasteiger partial charge in [-0.05, 0) is 24.3 Å². The Morgan fingerprint density at radius 1 is 0.944 bits per heavy atom. The van der Waals surface area contributed by atoms with Crippen LogP contribution in [0, 0.1) is 0 Å². The average Bonchev–Trinajstić information content (AvgIpc) is 2.97. The molecular weight excluding hydrogens is 226 g/mol. The molecule has 0 saturated heterocycles. The van der Waals surface area contributed by atoms with Crippen LogP contribution in [0.3, 0.4) is 0 Å². The second kappa shape index (κ2) is 3.40. The average molecular weight is 235 g/mol. The van der Waals surface area contributed by atoms with Gasteiger partial charge in [0, 0.05) is 11.0 Å². The minimum atomic E-state index is 0.611. The monoisotopic (exact) mass is 235 g/mol. The van der Waals surface area contributed by atoms with Crippen molar-refractivity contribution in [3.8, 4) is 5.69 Å². The van der Waals surface area contributed by atoms with Crippen LogP contribution in [-0.2, 0) is 0 Å². The number of tetrazole rings is 1. The van der Waals surface area contributed by atoms with Crippen molar-refractivity contribution in [2.75, 3.05) is 0 Å². The molecule has 0 N–H and O–H groups in total. The Hall–Kier alpha value is -2.69. The first-order valence-corrected chi connectivity index (χ1v) is 5.68. The number of rotatable bonds is 1.